The summed E-state index contributed by atoms with van der Waals surface area (Å²) in [6.07, 6.45) is 0. The molecule has 0 heterocycles. The lowest BCUT2D eigenvalue weighted by atomic mass is 9.98. The van der Waals surface area contributed by atoms with E-state index in [-0.39, 0.29) is 5.78 Å². The fourth-order valence-corrected chi connectivity index (χ4v) is 2.34. The summed E-state index contributed by atoms with van der Waals surface area (Å²) >= 11 is 9.32. The molecule has 1 unspecified atom stereocenters. The molecule has 0 aromatic heterocycles. The molecular weight excluding hydrogens is 307 g/mol. The van der Waals surface area contributed by atoms with Crippen molar-refractivity contribution in [2.75, 3.05) is 7.11 Å². The first kappa shape index (κ1) is 14.2. The van der Waals surface area contributed by atoms with Crippen LogP contribution in [0.3, 0.4) is 0 Å². The molecule has 1 aromatic rings. The van der Waals surface area contributed by atoms with Crippen LogP contribution in [0.2, 0.25) is 0 Å². The van der Waals surface area contributed by atoms with E-state index >= 15 is 0 Å². The van der Waals surface area contributed by atoms with Gasteiger partial charge in [0.05, 0.1) is 12.7 Å². The maximum absolute atomic E-state index is 11.6. The average Bonchev–Trinajstić information content (AvgIpc) is 2.35. The molecule has 1 rings (SSSR count). The van der Waals surface area contributed by atoms with Crippen molar-refractivity contribution in [3.8, 4) is 0 Å². The topological polar surface area (TPSA) is 43.4 Å². The van der Waals surface area contributed by atoms with Gasteiger partial charge < -0.3 is 4.74 Å². The molecule has 1 aromatic carbocycles. The normalized spacial score (nSPS) is 12.0. The summed E-state index contributed by atoms with van der Waals surface area (Å²) in [6.45, 7) is 1.42. The number of rotatable bonds is 4. The van der Waals surface area contributed by atoms with Crippen molar-refractivity contribution in [1.82, 2.24) is 0 Å². The van der Waals surface area contributed by atoms with Gasteiger partial charge >= 0.3 is 5.97 Å². The van der Waals surface area contributed by atoms with Crippen molar-refractivity contribution < 1.29 is 14.3 Å². The second-order valence-electron chi connectivity index (χ2n) is 3.47. The number of ether oxygens (including phenoxy) is 1. The maximum Gasteiger partial charge on any atom is 0.338 e. The lowest BCUT2D eigenvalue weighted by Gasteiger charge is -2.14. The van der Waals surface area contributed by atoms with E-state index in [2.05, 4.69) is 20.7 Å². The van der Waals surface area contributed by atoms with Crippen LogP contribution in [0.25, 0.3) is 0 Å². The smallest absolute Gasteiger partial charge is 0.338 e. The lowest BCUT2D eigenvalue weighted by molar-refractivity contribution is -0.116. The Labute approximate surface area is 113 Å². The summed E-state index contributed by atoms with van der Waals surface area (Å²) < 4.78 is 4.69. The number of halogens is 2. The fourth-order valence-electron chi connectivity index (χ4n) is 1.51. The number of esters is 1. The second-order valence-corrected chi connectivity index (χ2v) is 4.47. The number of hydrogen-bond donors (Lipinski definition) is 0. The van der Waals surface area contributed by atoms with Crippen LogP contribution in [0.5, 0.6) is 0 Å². The Morgan fingerprint density at radius 3 is 2.59 bits per heavy atom. The number of Topliss-reactive ketones (excluding diaryl/α,β-unsaturated/α-hetero) is 1. The number of carbonyl (C=O) groups is 2. The molecule has 0 amide bonds. The molecular formula is C12H12BrClO3. The summed E-state index contributed by atoms with van der Waals surface area (Å²) in [5.41, 5.74) is 1.75. The summed E-state index contributed by atoms with van der Waals surface area (Å²) in [5.74, 6) is -0.593. The van der Waals surface area contributed by atoms with E-state index in [1.807, 2.05) is 0 Å². The molecule has 0 aliphatic carbocycles. The molecule has 0 saturated carbocycles. The van der Waals surface area contributed by atoms with Gasteiger partial charge in [0.25, 0.3) is 0 Å². The molecule has 0 fully saturated rings. The molecule has 1 atom stereocenters. The van der Waals surface area contributed by atoms with Crippen molar-refractivity contribution in [3.05, 3.63) is 34.9 Å². The Morgan fingerprint density at radius 2 is 2.12 bits per heavy atom. The van der Waals surface area contributed by atoms with Gasteiger partial charge in [-0.15, -0.1) is 11.6 Å². The highest BCUT2D eigenvalue weighted by atomic mass is 79.9. The molecule has 5 heteroatoms. The highest BCUT2D eigenvalue weighted by Crippen LogP contribution is 2.29. The quantitative estimate of drug-likeness (QED) is 0.632. The van der Waals surface area contributed by atoms with Gasteiger partial charge in [0.2, 0.25) is 0 Å². The van der Waals surface area contributed by atoms with Crippen LogP contribution in [0.1, 0.15) is 33.8 Å². The SMILES string of the molecule is COC(=O)c1cccc(C(Cl)C(C)=O)c1CBr. The van der Waals surface area contributed by atoms with Crippen molar-refractivity contribution in [2.45, 2.75) is 17.6 Å². The van der Waals surface area contributed by atoms with Gasteiger partial charge in [-0.25, -0.2) is 4.79 Å². The number of alkyl halides is 2. The van der Waals surface area contributed by atoms with Gasteiger partial charge in [-0.3, -0.25) is 4.79 Å². The zero-order chi connectivity index (χ0) is 13.0. The van der Waals surface area contributed by atoms with Crippen molar-refractivity contribution >= 4 is 39.3 Å². The number of benzene rings is 1. The highest BCUT2D eigenvalue weighted by molar-refractivity contribution is 9.08. The third kappa shape index (κ3) is 3.07. The largest absolute Gasteiger partial charge is 0.465 e. The molecule has 0 aliphatic rings. The predicted octanol–water partition coefficient (Wildman–Crippen LogP) is 3.24. The van der Waals surface area contributed by atoms with Gasteiger partial charge in [0.1, 0.15) is 5.38 Å². The highest BCUT2D eigenvalue weighted by Gasteiger charge is 2.21. The first-order valence-electron chi connectivity index (χ1n) is 4.93. The standard InChI is InChI=1S/C12H12BrClO3/c1-7(15)11(14)8-4-3-5-9(10(8)6-13)12(16)17-2/h3-5,11H,6H2,1-2H3. The minimum Gasteiger partial charge on any atom is -0.465 e. The third-order valence-electron chi connectivity index (χ3n) is 2.38. The minimum absolute atomic E-state index is 0.157. The Kier molecular flexibility index (Phi) is 5.15. The van der Waals surface area contributed by atoms with Crippen LogP contribution in [-0.4, -0.2) is 18.9 Å². The van der Waals surface area contributed by atoms with Crippen molar-refractivity contribution in [1.29, 1.82) is 0 Å². The predicted molar refractivity (Wildman–Crippen MR) is 69.7 cm³/mol. The Bertz CT molecular complexity index is 445. The number of ketones is 1. The van der Waals surface area contributed by atoms with Crippen LogP contribution in [0, 0.1) is 0 Å². The molecule has 17 heavy (non-hydrogen) atoms. The van der Waals surface area contributed by atoms with Crippen LogP contribution >= 0.6 is 27.5 Å². The Balaban J connectivity index is 3.32. The lowest BCUT2D eigenvalue weighted by Crippen LogP contribution is -2.11. The second kappa shape index (κ2) is 6.17. The van der Waals surface area contributed by atoms with E-state index < -0.39 is 11.3 Å². The molecule has 0 saturated heterocycles. The zero-order valence-electron chi connectivity index (χ0n) is 9.50. The number of hydrogen-bond acceptors (Lipinski definition) is 3. The first-order chi connectivity index (χ1) is 8.02. The fraction of sp³-hybridized carbons (Fsp3) is 0.333. The van der Waals surface area contributed by atoms with E-state index in [9.17, 15) is 9.59 Å². The average molecular weight is 320 g/mol. The molecule has 0 aliphatic heterocycles. The minimum atomic E-state index is -0.743. The van der Waals surface area contributed by atoms with Crippen LogP contribution in [-0.2, 0) is 14.9 Å². The summed E-state index contributed by atoms with van der Waals surface area (Å²) in [5, 5.41) is -0.309. The Hall–Kier alpha value is -0.870. The summed E-state index contributed by atoms with van der Waals surface area (Å²) in [7, 11) is 1.32. The van der Waals surface area contributed by atoms with Crippen LogP contribution < -0.4 is 0 Å². The van der Waals surface area contributed by atoms with Gasteiger partial charge in [-0.1, -0.05) is 28.1 Å². The third-order valence-corrected chi connectivity index (χ3v) is 3.48. The van der Waals surface area contributed by atoms with Gasteiger partial charge in [0.15, 0.2) is 5.78 Å². The van der Waals surface area contributed by atoms with E-state index in [1.54, 1.807) is 18.2 Å². The van der Waals surface area contributed by atoms with E-state index in [0.29, 0.717) is 22.0 Å². The molecule has 3 nitrogen and oxygen atoms in total. The van der Waals surface area contributed by atoms with Crippen LogP contribution in [0.4, 0.5) is 0 Å². The van der Waals surface area contributed by atoms with Gasteiger partial charge in [-0.05, 0) is 24.1 Å². The van der Waals surface area contributed by atoms with Crippen LogP contribution in [0.15, 0.2) is 18.2 Å². The van der Waals surface area contributed by atoms with Gasteiger partial charge in [-0.2, -0.15) is 0 Å². The zero-order valence-corrected chi connectivity index (χ0v) is 11.8. The maximum atomic E-state index is 11.6. The molecule has 0 N–H and O–H groups in total. The first-order valence-corrected chi connectivity index (χ1v) is 6.49. The van der Waals surface area contributed by atoms with E-state index in [4.69, 9.17) is 11.6 Å². The summed E-state index contributed by atoms with van der Waals surface area (Å²) in [4.78, 5) is 22.9. The number of carbonyl (C=O) groups excluding carboxylic acids is 2. The van der Waals surface area contributed by atoms with Gasteiger partial charge in [0, 0.05) is 5.33 Å². The summed E-state index contributed by atoms with van der Waals surface area (Å²) in [6, 6.07) is 5.07. The van der Waals surface area contributed by atoms with E-state index in [0.717, 1.165) is 0 Å². The monoisotopic (exact) mass is 318 g/mol. The molecule has 0 spiro atoms. The van der Waals surface area contributed by atoms with Crippen molar-refractivity contribution in [2.24, 2.45) is 0 Å². The number of methoxy groups -OCH3 is 1. The van der Waals surface area contributed by atoms with Crippen molar-refractivity contribution in [3.63, 3.8) is 0 Å². The molecule has 0 bridgehead atoms. The Morgan fingerprint density at radius 1 is 1.47 bits per heavy atom. The molecule has 92 valence electrons. The molecule has 0 radical (unpaired) electrons. The van der Waals surface area contributed by atoms with E-state index in [1.165, 1.54) is 14.0 Å².